The largest absolute Gasteiger partial charge is 0.497 e. The van der Waals surface area contributed by atoms with Gasteiger partial charge in [-0.1, -0.05) is 17.3 Å². The van der Waals surface area contributed by atoms with Crippen LogP contribution in [0.3, 0.4) is 0 Å². The molecule has 5 aromatic rings. The molecular weight excluding hydrogens is 437 g/mol. The Morgan fingerprint density at radius 3 is 2.76 bits per heavy atom. The number of nitrogens with zero attached hydrogens (tertiary/aromatic N) is 4. The molecule has 0 atom stereocenters. The number of amides is 1. The molecule has 0 fully saturated rings. The van der Waals surface area contributed by atoms with Gasteiger partial charge in [0.15, 0.2) is 0 Å². The highest BCUT2D eigenvalue weighted by molar-refractivity contribution is 6.14. The summed E-state index contributed by atoms with van der Waals surface area (Å²) in [4.78, 5) is 17.6. The number of halogens is 1. The molecule has 0 saturated carbocycles. The molecule has 2 aromatic carbocycles. The van der Waals surface area contributed by atoms with E-state index in [2.05, 4.69) is 20.6 Å². The van der Waals surface area contributed by atoms with Crippen LogP contribution in [0, 0.1) is 12.7 Å². The van der Waals surface area contributed by atoms with E-state index >= 15 is 0 Å². The molecule has 1 N–H and O–H groups in total. The number of aryl methyl sites for hydroxylation is 1. The summed E-state index contributed by atoms with van der Waals surface area (Å²) < 4.78 is 25.7. The summed E-state index contributed by atoms with van der Waals surface area (Å²) in [7, 11) is 1.59. The van der Waals surface area contributed by atoms with Crippen LogP contribution in [0.4, 0.5) is 10.1 Å². The number of carbonyl (C=O) groups excluding carboxylic acids is 1. The van der Waals surface area contributed by atoms with Gasteiger partial charge in [-0.3, -0.25) is 9.48 Å². The van der Waals surface area contributed by atoms with Crippen LogP contribution >= 0.6 is 0 Å². The Kier molecular flexibility index (Phi) is 5.51. The second-order valence-electron chi connectivity index (χ2n) is 7.76. The van der Waals surface area contributed by atoms with Gasteiger partial charge in [-0.2, -0.15) is 5.10 Å². The highest BCUT2D eigenvalue weighted by Gasteiger charge is 2.21. The quantitative estimate of drug-likeness (QED) is 0.392. The fourth-order valence-electron chi connectivity index (χ4n) is 3.73. The number of pyridine rings is 1. The summed E-state index contributed by atoms with van der Waals surface area (Å²) in [5.74, 6) is 0.0501. The standard InChI is InChI=1S/C25H20FN5O3/c1-15-10-21(22-23(30-34-25(22)28-15)17-6-8-20(33-2)9-7-17)24(32)29-19-12-27-31(14-19)13-16-4-3-5-18(26)11-16/h3-12,14H,13H2,1-2H3,(H,29,32). The number of rotatable bonds is 6. The van der Waals surface area contributed by atoms with Gasteiger partial charge in [0, 0.05) is 17.5 Å². The molecule has 0 spiro atoms. The topological polar surface area (TPSA) is 95.1 Å². The fourth-order valence-corrected chi connectivity index (χ4v) is 3.73. The molecule has 34 heavy (non-hydrogen) atoms. The van der Waals surface area contributed by atoms with Gasteiger partial charge < -0.3 is 14.6 Å². The lowest BCUT2D eigenvalue weighted by Crippen LogP contribution is -2.13. The van der Waals surface area contributed by atoms with E-state index in [4.69, 9.17) is 9.26 Å². The molecule has 0 aliphatic carbocycles. The molecule has 5 rings (SSSR count). The third-order valence-electron chi connectivity index (χ3n) is 5.31. The molecule has 9 heteroatoms. The zero-order valence-electron chi connectivity index (χ0n) is 18.4. The predicted octanol–water partition coefficient (Wildman–Crippen LogP) is 4.84. The van der Waals surface area contributed by atoms with Crippen molar-refractivity contribution in [1.82, 2.24) is 19.9 Å². The number of aromatic nitrogens is 4. The number of carbonyl (C=O) groups is 1. The first kappa shape index (κ1) is 21.3. The van der Waals surface area contributed by atoms with Crippen LogP contribution in [0.1, 0.15) is 21.6 Å². The molecule has 170 valence electrons. The van der Waals surface area contributed by atoms with Gasteiger partial charge in [0.1, 0.15) is 17.3 Å². The van der Waals surface area contributed by atoms with E-state index < -0.39 is 0 Å². The Morgan fingerprint density at radius 1 is 1.18 bits per heavy atom. The van der Waals surface area contributed by atoms with Crippen molar-refractivity contribution < 1.29 is 18.4 Å². The summed E-state index contributed by atoms with van der Waals surface area (Å²) in [5.41, 5.74) is 3.83. The zero-order chi connectivity index (χ0) is 23.7. The summed E-state index contributed by atoms with van der Waals surface area (Å²) in [6.45, 7) is 2.16. The Bertz CT molecular complexity index is 1490. The van der Waals surface area contributed by atoms with Crippen LogP contribution in [0.25, 0.3) is 22.4 Å². The summed E-state index contributed by atoms with van der Waals surface area (Å²) in [6.07, 6.45) is 3.23. The number of benzene rings is 2. The monoisotopic (exact) mass is 457 g/mol. The lowest BCUT2D eigenvalue weighted by atomic mass is 10.0. The van der Waals surface area contributed by atoms with E-state index in [1.807, 2.05) is 30.3 Å². The molecule has 8 nitrogen and oxygen atoms in total. The molecule has 3 aromatic heterocycles. The summed E-state index contributed by atoms with van der Waals surface area (Å²) >= 11 is 0. The van der Waals surface area contributed by atoms with Crippen molar-refractivity contribution in [3.8, 4) is 17.0 Å². The molecule has 0 aliphatic heterocycles. The summed E-state index contributed by atoms with van der Waals surface area (Å²) in [5, 5.41) is 11.8. The van der Waals surface area contributed by atoms with Crippen LogP contribution in [0.15, 0.2) is 71.5 Å². The number of nitrogens with one attached hydrogen (secondary N) is 1. The Hall–Kier alpha value is -4.53. The average molecular weight is 457 g/mol. The van der Waals surface area contributed by atoms with Gasteiger partial charge in [0.25, 0.3) is 11.6 Å². The van der Waals surface area contributed by atoms with Crippen LogP contribution in [0.5, 0.6) is 5.75 Å². The number of ether oxygens (including phenoxy) is 1. The third kappa shape index (κ3) is 4.23. The predicted molar refractivity (Wildman–Crippen MR) is 124 cm³/mol. The second kappa shape index (κ2) is 8.78. The maximum atomic E-state index is 13.5. The van der Waals surface area contributed by atoms with Gasteiger partial charge in [-0.05, 0) is 55.0 Å². The van der Waals surface area contributed by atoms with E-state index in [1.54, 1.807) is 43.2 Å². The lowest BCUT2D eigenvalue weighted by Gasteiger charge is -2.06. The van der Waals surface area contributed by atoms with Gasteiger partial charge in [0.05, 0.1) is 36.5 Å². The van der Waals surface area contributed by atoms with Crippen molar-refractivity contribution in [3.63, 3.8) is 0 Å². The van der Waals surface area contributed by atoms with Crippen molar-refractivity contribution >= 4 is 22.7 Å². The maximum absolute atomic E-state index is 13.5. The van der Waals surface area contributed by atoms with Crippen molar-refractivity contribution in [1.29, 1.82) is 0 Å². The summed E-state index contributed by atoms with van der Waals surface area (Å²) in [6, 6.07) is 15.3. The molecule has 1 amide bonds. The average Bonchev–Trinajstić information content (AvgIpc) is 3.45. The van der Waals surface area contributed by atoms with E-state index in [0.717, 1.165) is 11.1 Å². The molecular formula is C25H20FN5O3. The van der Waals surface area contributed by atoms with E-state index in [1.165, 1.54) is 12.1 Å². The third-order valence-corrected chi connectivity index (χ3v) is 5.31. The van der Waals surface area contributed by atoms with Crippen LogP contribution in [-0.4, -0.2) is 32.9 Å². The van der Waals surface area contributed by atoms with Crippen LogP contribution in [0.2, 0.25) is 0 Å². The Labute approximate surface area is 194 Å². The molecule has 3 heterocycles. The minimum atomic E-state index is -0.348. The normalized spacial score (nSPS) is 11.0. The first-order chi connectivity index (χ1) is 16.5. The van der Waals surface area contributed by atoms with E-state index in [-0.39, 0.29) is 17.4 Å². The lowest BCUT2D eigenvalue weighted by molar-refractivity contribution is 0.102. The van der Waals surface area contributed by atoms with E-state index in [9.17, 15) is 9.18 Å². The minimum Gasteiger partial charge on any atom is -0.497 e. The highest BCUT2D eigenvalue weighted by Crippen LogP contribution is 2.31. The van der Waals surface area contributed by atoms with E-state index in [0.29, 0.717) is 40.3 Å². The van der Waals surface area contributed by atoms with Gasteiger partial charge in [-0.15, -0.1) is 0 Å². The fraction of sp³-hybridized carbons (Fsp3) is 0.120. The first-order valence-corrected chi connectivity index (χ1v) is 10.5. The van der Waals surface area contributed by atoms with Crippen molar-refractivity contribution in [2.45, 2.75) is 13.5 Å². The second-order valence-corrected chi connectivity index (χ2v) is 7.76. The number of methoxy groups -OCH3 is 1. The van der Waals surface area contributed by atoms with Crippen LogP contribution < -0.4 is 10.1 Å². The Morgan fingerprint density at radius 2 is 2.00 bits per heavy atom. The molecule has 0 unspecified atom stereocenters. The zero-order valence-corrected chi connectivity index (χ0v) is 18.4. The number of hydrogen-bond acceptors (Lipinski definition) is 6. The Balaban J connectivity index is 1.44. The van der Waals surface area contributed by atoms with Gasteiger partial charge in [0.2, 0.25) is 0 Å². The van der Waals surface area contributed by atoms with Crippen LogP contribution in [-0.2, 0) is 6.54 Å². The van der Waals surface area contributed by atoms with Crippen molar-refractivity contribution in [2.75, 3.05) is 12.4 Å². The smallest absolute Gasteiger partial charge is 0.259 e. The maximum Gasteiger partial charge on any atom is 0.259 e. The molecule has 0 bridgehead atoms. The number of fused-ring (bicyclic) bond motifs is 1. The van der Waals surface area contributed by atoms with Crippen molar-refractivity contribution in [3.05, 3.63) is 89.6 Å². The molecule has 0 radical (unpaired) electrons. The van der Waals surface area contributed by atoms with Crippen molar-refractivity contribution in [2.24, 2.45) is 0 Å². The van der Waals surface area contributed by atoms with Gasteiger partial charge in [-0.25, -0.2) is 9.37 Å². The number of hydrogen-bond donors (Lipinski definition) is 1. The highest BCUT2D eigenvalue weighted by atomic mass is 19.1. The SMILES string of the molecule is COc1ccc(-c2noc3nc(C)cc(C(=O)Nc4cnn(Cc5cccc(F)c5)c4)c23)cc1. The molecule has 0 saturated heterocycles. The molecule has 0 aliphatic rings. The minimum absolute atomic E-state index is 0.276. The van der Waals surface area contributed by atoms with Gasteiger partial charge >= 0.3 is 0 Å². The number of anilines is 1. The first-order valence-electron chi connectivity index (χ1n) is 10.5.